The molecule has 19 unspecified atom stereocenters. The fraction of sp³-hybridized carbons (Fsp3) is 0.935. The average molecular weight is 1480 g/mol. The number of carbonyl (C=O) groups is 3. The molecule has 3 aliphatic rings. The van der Waals surface area contributed by atoms with Crippen LogP contribution in [0, 0.1) is 5.92 Å². The highest BCUT2D eigenvalue weighted by Gasteiger charge is 2.58. The molecule has 0 aromatic heterocycles. The van der Waals surface area contributed by atoms with E-state index in [2.05, 4.69) is 39.8 Å². The molecule has 0 amide bonds. The molecule has 11 N–H and O–H groups in total. The Bertz CT molecular complexity index is 2160. The lowest BCUT2D eigenvalue weighted by atomic mass is 9.84. The van der Waals surface area contributed by atoms with Gasteiger partial charge in [-0.2, -0.15) is 0 Å². The van der Waals surface area contributed by atoms with E-state index in [1.807, 2.05) is 0 Å². The van der Waals surface area contributed by atoms with Crippen molar-refractivity contribution in [2.45, 2.75) is 427 Å². The Hall–Kier alpha value is -2.30. The van der Waals surface area contributed by atoms with Gasteiger partial charge in [-0.25, -0.2) is 4.57 Å². The molecule has 0 aromatic rings. The van der Waals surface area contributed by atoms with Gasteiger partial charge in [-0.15, -0.1) is 0 Å². The van der Waals surface area contributed by atoms with Gasteiger partial charge in [0.05, 0.1) is 13.2 Å². The Labute approximate surface area is 612 Å². The number of rotatable bonds is 63. The van der Waals surface area contributed by atoms with Gasteiger partial charge in [-0.3, -0.25) is 23.4 Å². The van der Waals surface area contributed by atoms with Crippen LogP contribution in [-0.2, 0) is 61.2 Å². The quantitative estimate of drug-likeness (QED) is 0.00886. The number of allylic oxidation sites excluding steroid dienone is 2. The van der Waals surface area contributed by atoms with Crippen LogP contribution in [0.5, 0.6) is 0 Å². The number of carbonyl (C=O) groups excluding carboxylic acids is 3. The van der Waals surface area contributed by atoms with Crippen LogP contribution in [-0.4, -0.2) is 204 Å². The number of hydrogen-bond acceptors (Lipinski definition) is 23. The number of phosphoric ester groups is 1. The summed E-state index contributed by atoms with van der Waals surface area (Å²) in [6.45, 7) is 5.79. The van der Waals surface area contributed by atoms with E-state index in [-0.39, 0.29) is 19.3 Å². The van der Waals surface area contributed by atoms with Crippen molar-refractivity contribution in [2.75, 3.05) is 26.4 Å². The van der Waals surface area contributed by atoms with E-state index < -0.39 is 156 Å². The van der Waals surface area contributed by atoms with Crippen molar-refractivity contribution in [3.05, 3.63) is 12.2 Å². The molecule has 25 heteroatoms. The van der Waals surface area contributed by atoms with Crippen molar-refractivity contribution in [1.82, 2.24) is 0 Å². The van der Waals surface area contributed by atoms with Crippen LogP contribution < -0.4 is 0 Å². The zero-order valence-electron chi connectivity index (χ0n) is 63.1. The van der Waals surface area contributed by atoms with Crippen molar-refractivity contribution in [3.8, 4) is 0 Å². The van der Waals surface area contributed by atoms with E-state index in [0.29, 0.717) is 25.2 Å². The summed E-state index contributed by atoms with van der Waals surface area (Å²) in [5, 5.41) is 110. The Morgan fingerprint density at radius 3 is 1.17 bits per heavy atom. The van der Waals surface area contributed by atoms with Crippen LogP contribution in [0.4, 0.5) is 0 Å². The van der Waals surface area contributed by atoms with Crippen LogP contribution in [0.2, 0.25) is 0 Å². The number of ether oxygens (including phenoxy) is 7. The lowest BCUT2D eigenvalue weighted by molar-refractivity contribution is -0.360. The molecule has 102 heavy (non-hydrogen) atoms. The lowest BCUT2D eigenvalue weighted by Gasteiger charge is -2.49. The van der Waals surface area contributed by atoms with E-state index in [1.165, 1.54) is 148 Å². The Balaban J connectivity index is 1.72. The Morgan fingerprint density at radius 2 is 0.745 bits per heavy atom. The first-order valence-corrected chi connectivity index (χ1v) is 41.9. The summed E-state index contributed by atoms with van der Waals surface area (Å²) in [6, 6.07) is 0. The molecule has 2 saturated heterocycles. The van der Waals surface area contributed by atoms with E-state index in [9.17, 15) is 74.9 Å². The maximum atomic E-state index is 14.4. The lowest BCUT2D eigenvalue weighted by Crippen LogP contribution is -2.69. The second-order valence-electron chi connectivity index (χ2n) is 29.4. The zero-order chi connectivity index (χ0) is 74.8. The molecule has 1 aliphatic carbocycles. The van der Waals surface area contributed by atoms with Gasteiger partial charge in [0.25, 0.3) is 0 Å². The van der Waals surface area contributed by atoms with Gasteiger partial charge in [0.15, 0.2) is 18.7 Å². The van der Waals surface area contributed by atoms with Gasteiger partial charge < -0.3 is 89.1 Å². The van der Waals surface area contributed by atoms with Crippen LogP contribution in [0.15, 0.2) is 12.2 Å². The van der Waals surface area contributed by atoms with Crippen molar-refractivity contribution in [2.24, 2.45) is 5.92 Å². The summed E-state index contributed by atoms with van der Waals surface area (Å²) in [5.41, 5.74) is 0. The van der Waals surface area contributed by atoms with Crippen molar-refractivity contribution < 1.29 is 117 Å². The first-order chi connectivity index (χ1) is 49.2. The zero-order valence-corrected chi connectivity index (χ0v) is 64.0. The minimum Gasteiger partial charge on any atom is -0.463 e. The van der Waals surface area contributed by atoms with Gasteiger partial charge in [0.2, 0.25) is 0 Å². The van der Waals surface area contributed by atoms with Crippen LogP contribution in [0.25, 0.3) is 0 Å². The minimum absolute atomic E-state index is 0.0245. The maximum Gasteiger partial charge on any atom is 0.472 e. The topological polar surface area (TPSA) is 374 Å². The summed E-state index contributed by atoms with van der Waals surface area (Å²) in [5.74, 6) is -1.30. The molecule has 600 valence electrons. The van der Waals surface area contributed by atoms with E-state index >= 15 is 0 Å². The monoisotopic (exact) mass is 1480 g/mol. The fourth-order valence-corrected chi connectivity index (χ4v) is 14.5. The summed E-state index contributed by atoms with van der Waals surface area (Å²) >= 11 is 0. The molecule has 0 radical (unpaired) electrons. The van der Waals surface area contributed by atoms with Gasteiger partial charge in [-0.1, -0.05) is 271 Å². The average Bonchev–Trinajstić information content (AvgIpc) is 0.761. The molecular weight excluding hydrogens is 1340 g/mol. The van der Waals surface area contributed by atoms with E-state index in [4.69, 9.17) is 42.2 Å². The highest BCUT2D eigenvalue weighted by atomic mass is 31.2. The maximum absolute atomic E-state index is 14.4. The molecule has 0 spiro atoms. The second-order valence-corrected chi connectivity index (χ2v) is 30.8. The second kappa shape index (κ2) is 57.8. The summed E-state index contributed by atoms with van der Waals surface area (Å²) in [6.07, 6.45) is 16.8. The van der Waals surface area contributed by atoms with Crippen molar-refractivity contribution in [3.63, 3.8) is 0 Å². The fourth-order valence-electron chi connectivity index (χ4n) is 13.5. The number of hydrogen-bond donors (Lipinski definition) is 11. The third kappa shape index (κ3) is 40.2. The molecule has 0 bridgehead atoms. The highest BCUT2D eigenvalue weighted by Crippen LogP contribution is 2.49. The standard InChI is InChI=1S/C77H143O24P/c1-5-8-11-14-17-19-21-23-25-27-29-30-32-34-40-45-50-61(79)93-54-58(96-63(81)52-47-42-37-36-39-44-49-57(4)48-43-38-16-13-10-7-3)55-95-102(91,92)101-75-73(99-76-71(89)66(84)64(82)59(53-78)97-76)69(87)68(86)70(88)74(75)100-77-72(90)67(85)65(83)60(98-77)56-94-62(80)51-46-41-35-33-31-28-26-24-22-20-18-15-12-9-6-2/h20,22,57-60,64-78,82-90H,5-19,21,23-56H2,1-4H3,(H,91,92)/b22-20-. The summed E-state index contributed by atoms with van der Waals surface area (Å²) in [7, 11) is -5.70. The molecular formula is C77H143O24P. The molecule has 2 aliphatic heterocycles. The van der Waals surface area contributed by atoms with Gasteiger partial charge in [0, 0.05) is 19.3 Å². The third-order valence-corrected chi connectivity index (χ3v) is 21.2. The number of aliphatic hydroxyl groups is 10. The van der Waals surface area contributed by atoms with Crippen molar-refractivity contribution >= 4 is 25.7 Å². The smallest absolute Gasteiger partial charge is 0.463 e. The van der Waals surface area contributed by atoms with Gasteiger partial charge in [-0.05, 0) is 50.9 Å². The first kappa shape index (κ1) is 93.9. The van der Waals surface area contributed by atoms with E-state index in [0.717, 1.165) is 109 Å². The van der Waals surface area contributed by atoms with Gasteiger partial charge in [0.1, 0.15) is 98.7 Å². The number of esters is 3. The molecule has 3 rings (SSSR count). The van der Waals surface area contributed by atoms with Gasteiger partial charge >= 0.3 is 25.7 Å². The normalized spacial score (nSPS) is 27.4. The molecule has 3 fully saturated rings. The predicted molar refractivity (Wildman–Crippen MR) is 388 cm³/mol. The summed E-state index contributed by atoms with van der Waals surface area (Å²) in [4.78, 5) is 51.2. The SMILES string of the molecule is CCCCCC/C=C\CCCCCCCCCC(=O)OCC1OC(OC2C(O)C(O)C(O)C(OC3OC(CO)C(O)C(O)C3O)C2OP(=O)(O)OCC(COC(=O)CCCCCCCCCCCCCCCCCC)OC(=O)CCCCCCCCC(C)CCCCCCCC)C(O)C(O)C1O. The molecule has 1 saturated carbocycles. The predicted octanol–water partition coefficient (Wildman–Crippen LogP) is 12.2. The minimum atomic E-state index is -5.70. The Kier molecular flexibility index (Phi) is 53.2. The summed E-state index contributed by atoms with van der Waals surface area (Å²) < 4.78 is 65.2. The van der Waals surface area contributed by atoms with Crippen LogP contribution in [0.1, 0.15) is 323 Å². The third-order valence-electron chi connectivity index (χ3n) is 20.2. The first-order valence-electron chi connectivity index (χ1n) is 40.4. The Morgan fingerprint density at radius 1 is 0.402 bits per heavy atom. The molecule has 0 aromatic carbocycles. The molecule has 2 heterocycles. The van der Waals surface area contributed by atoms with Crippen molar-refractivity contribution in [1.29, 1.82) is 0 Å². The van der Waals surface area contributed by atoms with Crippen LogP contribution in [0.3, 0.4) is 0 Å². The number of phosphoric acid groups is 1. The van der Waals surface area contributed by atoms with E-state index in [1.54, 1.807) is 0 Å². The molecule has 19 atom stereocenters. The van der Waals surface area contributed by atoms with Crippen LogP contribution >= 0.6 is 7.82 Å². The number of unbranched alkanes of at least 4 members (excludes halogenated alkanes) is 36. The number of aliphatic hydroxyl groups excluding tert-OH is 10. The highest BCUT2D eigenvalue weighted by molar-refractivity contribution is 7.47. The molecule has 24 nitrogen and oxygen atoms in total. The largest absolute Gasteiger partial charge is 0.472 e.